The second kappa shape index (κ2) is 3.61. The van der Waals surface area contributed by atoms with E-state index in [0.29, 0.717) is 18.7 Å². The lowest BCUT2D eigenvalue weighted by Crippen LogP contribution is -2.45. The fraction of sp³-hybridized carbons (Fsp3) is 0.750. The van der Waals surface area contributed by atoms with Crippen LogP contribution < -0.4 is 11.1 Å². The van der Waals surface area contributed by atoms with Crippen molar-refractivity contribution in [2.75, 3.05) is 6.61 Å². The lowest BCUT2D eigenvalue weighted by atomic mass is 10.3. The van der Waals surface area contributed by atoms with Crippen LogP contribution in [0.25, 0.3) is 0 Å². The maximum Gasteiger partial charge on any atom is 0.238 e. The Bertz CT molecular complexity index is 62.7. The Morgan fingerprint density at radius 1 is 1.71 bits per heavy atom. The van der Waals surface area contributed by atoms with Crippen LogP contribution in [0.2, 0.25) is 0 Å². The summed E-state index contributed by atoms with van der Waals surface area (Å²) >= 11 is 0. The number of amidine groups is 1. The molecule has 0 amide bonds. The molecule has 5 N–H and O–H groups in total. The van der Waals surface area contributed by atoms with Gasteiger partial charge in [-0.15, -0.1) is 0 Å². The van der Waals surface area contributed by atoms with E-state index in [1.54, 1.807) is 0 Å². The first-order chi connectivity index (χ1) is 3.27. The molecule has 0 heterocycles. The minimum atomic E-state index is 0.165. The fourth-order valence-corrected chi connectivity index (χ4v) is 0.283. The molecule has 0 rings (SSSR count). The first-order valence-electron chi connectivity index (χ1n) is 2.25. The van der Waals surface area contributed by atoms with Crippen LogP contribution in [0.3, 0.4) is 0 Å². The molecule has 3 nitrogen and oxygen atoms in total. The third kappa shape index (κ3) is 5.43. The van der Waals surface area contributed by atoms with Crippen LogP contribution in [0.1, 0.15) is 12.8 Å². The molecule has 0 aliphatic rings. The number of aliphatic hydroxyl groups is 1. The summed E-state index contributed by atoms with van der Waals surface area (Å²) < 4.78 is 0. The van der Waals surface area contributed by atoms with Crippen molar-refractivity contribution < 1.29 is 10.5 Å². The van der Waals surface area contributed by atoms with Gasteiger partial charge in [-0.1, -0.05) is 0 Å². The van der Waals surface area contributed by atoms with Crippen LogP contribution in [0.4, 0.5) is 0 Å². The Labute approximate surface area is 42.7 Å². The maximum atomic E-state index is 8.19. The molecule has 0 aromatic carbocycles. The van der Waals surface area contributed by atoms with E-state index in [9.17, 15) is 0 Å². The van der Waals surface area contributed by atoms with Crippen molar-refractivity contribution in [3.63, 3.8) is 0 Å². The van der Waals surface area contributed by atoms with Gasteiger partial charge >= 0.3 is 0 Å². The lowest BCUT2D eigenvalue weighted by molar-refractivity contribution is -0.118. The van der Waals surface area contributed by atoms with E-state index in [0.717, 1.165) is 0 Å². The van der Waals surface area contributed by atoms with E-state index < -0.39 is 0 Å². The number of rotatable bonds is 3. The van der Waals surface area contributed by atoms with E-state index >= 15 is 0 Å². The van der Waals surface area contributed by atoms with Gasteiger partial charge in [0, 0.05) is 6.61 Å². The zero-order valence-electron chi connectivity index (χ0n) is 4.22. The molecule has 0 radical (unpaired) electrons. The Morgan fingerprint density at radius 3 is 2.43 bits per heavy atom. The van der Waals surface area contributed by atoms with Crippen LogP contribution in [-0.2, 0) is 0 Å². The predicted molar refractivity (Wildman–Crippen MR) is 27.4 cm³/mol. The van der Waals surface area contributed by atoms with E-state index in [-0.39, 0.29) is 6.61 Å². The molecule has 0 aliphatic carbocycles. The van der Waals surface area contributed by atoms with Gasteiger partial charge in [0.15, 0.2) is 0 Å². The molecule has 0 saturated heterocycles. The van der Waals surface area contributed by atoms with Gasteiger partial charge in [-0.05, 0) is 6.42 Å². The summed E-state index contributed by atoms with van der Waals surface area (Å²) in [6.07, 6.45) is 1.29. The molecule has 0 aliphatic heterocycles. The van der Waals surface area contributed by atoms with Gasteiger partial charge in [-0.25, -0.2) is 0 Å². The molecule has 0 fully saturated rings. The summed E-state index contributed by atoms with van der Waals surface area (Å²) in [7, 11) is 0. The van der Waals surface area contributed by atoms with Crippen LogP contribution >= 0.6 is 0 Å². The summed E-state index contributed by atoms with van der Waals surface area (Å²) in [4.78, 5) is 0. The molecule has 7 heavy (non-hydrogen) atoms. The summed E-state index contributed by atoms with van der Waals surface area (Å²) in [5.74, 6) is 0.397. The van der Waals surface area contributed by atoms with Gasteiger partial charge in [-0.3, -0.25) is 11.1 Å². The minimum absolute atomic E-state index is 0.165. The molecule has 0 atom stereocenters. The van der Waals surface area contributed by atoms with E-state index in [2.05, 4.69) is 0 Å². The molecular weight excluding hydrogens is 92.1 g/mol. The smallest absolute Gasteiger partial charge is 0.238 e. The lowest BCUT2D eigenvalue weighted by Gasteiger charge is -1.85. The highest BCUT2D eigenvalue weighted by Crippen LogP contribution is 1.79. The van der Waals surface area contributed by atoms with Crippen molar-refractivity contribution in [1.29, 1.82) is 0 Å². The largest absolute Gasteiger partial charge is 0.396 e. The number of nitrogens with two attached hydrogens (primary N) is 2. The Hall–Kier alpha value is -0.570. The highest BCUT2D eigenvalue weighted by atomic mass is 16.2. The molecule has 0 bridgehead atoms. The van der Waals surface area contributed by atoms with Crippen molar-refractivity contribution in [3.05, 3.63) is 0 Å². The molecule has 0 saturated carbocycles. The standard InChI is InChI=1S/C4H10N2O/c5-4(6)2-1-3-7/h7H,1-3H2,(H3,5,6)/p+1. The molecule has 0 aromatic heterocycles. The first-order valence-corrected chi connectivity index (χ1v) is 2.25. The second-order valence-electron chi connectivity index (χ2n) is 1.40. The first kappa shape index (κ1) is 6.43. The van der Waals surface area contributed by atoms with Crippen molar-refractivity contribution in [2.24, 2.45) is 5.73 Å². The fourth-order valence-electron chi connectivity index (χ4n) is 0.283. The molecule has 0 spiro atoms. The van der Waals surface area contributed by atoms with Gasteiger partial charge in [0.1, 0.15) is 0 Å². The van der Waals surface area contributed by atoms with E-state index in [1.165, 1.54) is 0 Å². The molecule has 3 heteroatoms. The SMILES string of the molecule is NC(=[NH2+])CCCO. The van der Waals surface area contributed by atoms with Crippen molar-refractivity contribution in [2.45, 2.75) is 12.8 Å². The van der Waals surface area contributed by atoms with Crippen molar-refractivity contribution in [3.8, 4) is 0 Å². The number of hydrogen-bond donors (Lipinski definition) is 3. The van der Waals surface area contributed by atoms with Crippen LogP contribution in [-0.4, -0.2) is 17.5 Å². The van der Waals surface area contributed by atoms with Crippen LogP contribution in [0.5, 0.6) is 0 Å². The minimum Gasteiger partial charge on any atom is -0.396 e. The Morgan fingerprint density at radius 2 is 2.29 bits per heavy atom. The Balaban J connectivity index is 2.82. The monoisotopic (exact) mass is 103 g/mol. The normalized spacial score (nSPS) is 8.71. The molecule has 0 unspecified atom stereocenters. The third-order valence-corrected chi connectivity index (χ3v) is 0.624. The molecule has 42 valence electrons. The second-order valence-corrected chi connectivity index (χ2v) is 1.40. The quantitative estimate of drug-likeness (QED) is 0.282. The van der Waals surface area contributed by atoms with Crippen molar-refractivity contribution in [1.82, 2.24) is 0 Å². The zero-order valence-corrected chi connectivity index (χ0v) is 4.22. The topological polar surface area (TPSA) is 71.8 Å². The summed E-state index contributed by atoms with van der Waals surface area (Å²) in [5.41, 5.74) is 5.06. The summed E-state index contributed by atoms with van der Waals surface area (Å²) in [6.45, 7) is 0.165. The molecular formula is C4H11N2O+. The predicted octanol–water partition coefficient (Wildman–Crippen LogP) is -2.12. The number of aliphatic hydroxyl groups excluding tert-OH is 1. The third-order valence-electron chi connectivity index (χ3n) is 0.624. The van der Waals surface area contributed by atoms with Gasteiger partial charge in [0.05, 0.1) is 6.42 Å². The van der Waals surface area contributed by atoms with Crippen LogP contribution in [0.15, 0.2) is 0 Å². The number of hydrogen-bond acceptors (Lipinski definition) is 1. The van der Waals surface area contributed by atoms with E-state index in [4.69, 9.17) is 16.2 Å². The van der Waals surface area contributed by atoms with Crippen LogP contribution in [0, 0.1) is 0 Å². The highest BCUT2D eigenvalue weighted by Gasteiger charge is 1.90. The molecule has 0 aromatic rings. The Kier molecular flexibility index (Phi) is 3.32. The summed E-state index contributed by atoms with van der Waals surface area (Å²) in [5, 5.41) is 13.3. The van der Waals surface area contributed by atoms with Gasteiger partial charge in [0.2, 0.25) is 5.84 Å². The van der Waals surface area contributed by atoms with Gasteiger partial charge in [-0.2, -0.15) is 0 Å². The zero-order chi connectivity index (χ0) is 5.70. The summed E-state index contributed by atoms with van der Waals surface area (Å²) in [6, 6.07) is 0. The van der Waals surface area contributed by atoms with Crippen molar-refractivity contribution >= 4 is 5.84 Å². The average Bonchev–Trinajstić information content (AvgIpc) is 1.61. The average molecular weight is 103 g/mol. The highest BCUT2D eigenvalue weighted by molar-refractivity contribution is 5.73. The van der Waals surface area contributed by atoms with E-state index in [1.807, 2.05) is 0 Å². The van der Waals surface area contributed by atoms with Gasteiger partial charge < -0.3 is 5.11 Å². The maximum absolute atomic E-state index is 8.19. The van der Waals surface area contributed by atoms with Gasteiger partial charge in [0.25, 0.3) is 0 Å².